The normalized spacial score (nSPS) is 11.7. The summed E-state index contributed by atoms with van der Waals surface area (Å²) < 4.78 is 0. The zero-order chi connectivity index (χ0) is 17.7. The Hall–Kier alpha value is -2.33. The predicted molar refractivity (Wildman–Crippen MR) is 97.7 cm³/mol. The molecule has 0 fully saturated rings. The highest BCUT2D eigenvalue weighted by Gasteiger charge is 2.14. The molecule has 24 heavy (non-hydrogen) atoms. The Morgan fingerprint density at radius 3 is 2.50 bits per heavy atom. The van der Waals surface area contributed by atoms with Crippen LogP contribution in [-0.4, -0.2) is 17.2 Å². The van der Waals surface area contributed by atoms with Crippen LogP contribution in [0, 0.1) is 0 Å². The van der Waals surface area contributed by atoms with Gasteiger partial charge in [-0.3, -0.25) is 4.79 Å². The van der Waals surface area contributed by atoms with Gasteiger partial charge in [0.15, 0.2) is 0 Å². The number of nitrogens with one attached hydrogen (secondary N) is 1. The summed E-state index contributed by atoms with van der Waals surface area (Å²) in [4.78, 5) is 11.9. The van der Waals surface area contributed by atoms with Crippen molar-refractivity contribution in [1.29, 1.82) is 0 Å². The molecule has 0 atom stereocenters. The van der Waals surface area contributed by atoms with E-state index in [2.05, 4.69) is 31.3 Å². The lowest BCUT2D eigenvalue weighted by Gasteiger charge is -2.19. The maximum atomic E-state index is 11.9. The van der Waals surface area contributed by atoms with Crippen LogP contribution in [0.2, 0.25) is 5.02 Å². The van der Waals surface area contributed by atoms with E-state index in [9.17, 15) is 9.90 Å². The Kier molecular flexibility index (Phi) is 5.62. The molecule has 126 valence electrons. The number of hydrazone groups is 1. The van der Waals surface area contributed by atoms with Gasteiger partial charge in [-0.25, -0.2) is 5.43 Å². The van der Waals surface area contributed by atoms with Crippen molar-refractivity contribution < 1.29 is 9.90 Å². The molecule has 5 heteroatoms. The van der Waals surface area contributed by atoms with Crippen LogP contribution in [-0.2, 0) is 16.6 Å². The number of carbonyl (C=O) groups excluding carboxylic acids is 1. The maximum Gasteiger partial charge on any atom is 0.244 e. The van der Waals surface area contributed by atoms with E-state index in [0.717, 1.165) is 11.1 Å². The van der Waals surface area contributed by atoms with Gasteiger partial charge in [0.1, 0.15) is 5.75 Å². The fourth-order valence-corrected chi connectivity index (χ4v) is 2.25. The smallest absolute Gasteiger partial charge is 0.244 e. The van der Waals surface area contributed by atoms with Crippen molar-refractivity contribution in [2.45, 2.75) is 32.6 Å². The van der Waals surface area contributed by atoms with Crippen LogP contribution >= 0.6 is 11.6 Å². The van der Waals surface area contributed by atoms with Crippen LogP contribution in [0.5, 0.6) is 5.75 Å². The summed E-state index contributed by atoms with van der Waals surface area (Å²) in [7, 11) is 0. The number of amides is 1. The Balaban J connectivity index is 2.00. The minimum Gasteiger partial charge on any atom is -0.507 e. The van der Waals surface area contributed by atoms with Crippen LogP contribution in [0.25, 0.3) is 0 Å². The van der Waals surface area contributed by atoms with E-state index in [4.69, 9.17) is 11.6 Å². The molecule has 0 saturated carbocycles. The second-order valence-electron chi connectivity index (χ2n) is 6.62. The average molecular weight is 345 g/mol. The molecule has 0 bridgehead atoms. The Morgan fingerprint density at radius 1 is 1.21 bits per heavy atom. The first-order chi connectivity index (χ1) is 11.3. The van der Waals surface area contributed by atoms with Gasteiger partial charge in [-0.1, -0.05) is 50.6 Å². The second kappa shape index (κ2) is 7.49. The summed E-state index contributed by atoms with van der Waals surface area (Å²) in [5.41, 5.74) is 4.93. The second-order valence-corrected chi connectivity index (χ2v) is 7.06. The number of phenolic OH excluding ortho intramolecular Hbond substituents is 1. The van der Waals surface area contributed by atoms with Crippen LogP contribution in [0.3, 0.4) is 0 Å². The first kappa shape index (κ1) is 18.0. The highest BCUT2D eigenvalue weighted by atomic mass is 35.5. The van der Waals surface area contributed by atoms with E-state index < -0.39 is 0 Å². The largest absolute Gasteiger partial charge is 0.507 e. The molecule has 2 rings (SSSR count). The van der Waals surface area contributed by atoms with Gasteiger partial charge in [-0.15, -0.1) is 0 Å². The van der Waals surface area contributed by atoms with E-state index in [1.54, 1.807) is 30.3 Å². The number of aromatic hydroxyl groups is 1. The molecule has 0 spiro atoms. The van der Waals surface area contributed by atoms with E-state index in [1.807, 2.05) is 12.1 Å². The molecule has 0 radical (unpaired) electrons. The van der Waals surface area contributed by atoms with Crippen LogP contribution in [0.1, 0.15) is 37.5 Å². The molecule has 0 aromatic heterocycles. The topological polar surface area (TPSA) is 61.7 Å². The lowest BCUT2D eigenvalue weighted by Crippen LogP contribution is -2.19. The van der Waals surface area contributed by atoms with Gasteiger partial charge in [0.25, 0.3) is 0 Å². The third kappa shape index (κ3) is 5.10. The molecule has 1 amide bonds. The molecule has 0 heterocycles. The predicted octanol–water partition coefficient (Wildman–Crippen LogP) is 4.04. The quantitative estimate of drug-likeness (QED) is 0.649. The van der Waals surface area contributed by atoms with Crippen molar-refractivity contribution in [3.8, 4) is 5.75 Å². The number of halogens is 1. The number of nitrogens with zero attached hydrogens (tertiary/aromatic N) is 1. The van der Waals surface area contributed by atoms with Gasteiger partial charge in [0.2, 0.25) is 5.91 Å². The molecule has 2 aromatic carbocycles. The Bertz CT molecular complexity index is 747. The Morgan fingerprint density at radius 2 is 1.88 bits per heavy atom. The number of carbonyl (C=O) groups is 1. The first-order valence-corrected chi connectivity index (χ1v) is 8.03. The minimum absolute atomic E-state index is 0.0336. The minimum atomic E-state index is -0.236. The zero-order valence-electron chi connectivity index (χ0n) is 14.0. The van der Waals surface area contributed by atoms with Crippen molar-refractivity contribution in [1.82, 2.24) is 5.43 Å². The number of rotatable bonds is 4. The lowest BCUT2D eigenvalue weighted by atomic mass is 9.86. The van der Waals surface area contributed by atoms with Crippen LogP contribution < -0.4 is 5.43 Å². The number of hydrogen-bond donors (Lipinski definition) is 2. The number of benzene rings is 2. The molecule has 4 nitrogen and oxygen atoms in total. The average Bonchev–Trinajstić information content (AvgIpc) is 2.50. The van der Waals surface area contributed by atoms with E-state index in [-0.39, 0.29) is 23.5 Å². The van der Waals surface area contributed by atoms with Gasteiger partial charge in [0.05, 0.1) is 12.6 Å². The van der Waals surface area contributed by atoms with E-state index >= 15 is 0 Å². The molecular formula is C19H21ClN2O2. The van der Waals surface area contributed by atoms with Crippen molar-refractivity contribution in [2.75, 3.05) is 0 Å². The molecule has 0 aliphatic carbocycles. The standard InChI is InChI=1S/C19H21ClN2O2/c1-19(2,3)15-6-9-17(23)14(11-15)12-21-22-18(24)10-13-4-7-16(20)8-5-13/h4-9,11-12,23H,10H2,1-3H3,(H,22,24)/b21-12-. The molecule has 0 aliphatic rings. The summed E-state index contributed by atoms with van der Waals surface area (Å²) in [5, 5.41) is 14.5. The van der Waals surface area contributed by atoms with Crippen molar-refractivity contribution >= 4 is 23.7 Å². The highest BCUT2D eigenvalue weighted by molar-refractivity contribution is 6.30. The van der Waals surface area contributed by atoms with Crippen molar-refractivity contribution in [2.24, 2.45) is 5.10 Å². The van der Waals surface area contributed by atoms with E-state index in [0.29, 0.717) is 10.6 Å². The third-order valence-corrected chi connectivity index (χ3v) is 3.82. The van der Waals surface area contributed by atoms with Crippen molar-refractivity contribution in [3.63, 3.8) is 0 Å². The highest BCUT2D eigenvalue weighted by Crippen LogP contribution is 2.26. The summed E-state index contributed by atoms with van der Waals surface area (Å²) in [6, 6.07) is 12.5. The van der Waals surface area contributed by atoms with Gasteiger partial charge in [-0.05, 0) is 40.8 Å². The molecular weight excluding hydrogens is 324 g/mol. The Labute approximate surface area is 147 Å². The van der Waals surface area contributed by atoms with Gasteiger partial charge >= 0.3 is 0 Å². The summed E-state index contributed by atoms with van der Waals surface area (Å²) in [6.45, 7) is 6.27. The number of phenols is 1. The molecule has 0 saturated heterocycles. The fourth-order valence-electron chi connectivity index (χ4n) is 2.13. The van der Waals surface area contributed by atoms with Gasteiger partial charge in [-0.2, -0.15) is 5.10 Å². The monoisotopic (exact) mass is 344 g/mol. The number of hydrogen-bond acceptors (Lipinski definition) is 3. The van der Waals surface area contributed by atoms with Gasteiger partial charge < -0.3 is 5.11 Å². The molecule has 2 aromatic rings. The first-order valence-electron chi connectivity index (χ1n) is 7.65. The third-order valence-electron chi connectivity index (χ3n) is 3.56. The van der Waals surface area contributed by atoms with Crippen LogP contribution in [0.4, 0.5) is 0 Å². The summed E-state index contributed by atoms with van der Waals surface area (Å²) >= 11 is 5.81. The van der Waals surface area contributed by atoms with Gasteiger partial charge in [0, 0.05) is 10.6 Å². The fraction of sp³-hybridized carbons (Fsp3) is 0.263. The maximum absolute atomic E-state index is 11.9. The molecule has 0 unspecified atom stereocenters. The zero-order valence-corrected chi connectivity index (χ0v) is 14.8. The molecule has 0 aliphatic heterocycles. The summed E-state index contributed by atoms with van der Waals surface area (Å²) in [5.74, 6) is -0.112. The van der Waals surface area contributed by atoms with Crippen molar-refractivity contribution in [3.05, 3.63) is 64.2 Å². The molecule has 2 N–H and O–H groups in total. The van der Waals surface area contributed by atoms with E-state index in [1.165, 1.54) is 6.21 Å². The van der Waals surface area contributed by atoms with Crippen LogP contribution in [0.15, 0.2) is 47.6 Å². The SMILES string of the molecule is CC(C)(C)c1ccc(O)c(/C=N\NC(=O)Cc2ccc(Cl)cc2)c1. The summed E-state index contributed by atoms with van der Waals surface area (Å²) in [6.07, 6.45) is 1.66. The lowest BCUT2D eigenvalue weighted by molar-refractivity contribution is -0.120.